The molecular weight excluding hydrogens is 693 g/mol. The predicted molar refractivity (Wildman–Crippen MR) is 200 cm³/mol. The van der Waals surface area contributed by atoms with Crippen LogP contribution in [0.2, 0.25) is 0 Å². The molecule has 1 saturated carbocycles. The minimum Gasteiger partial charge on any atom is -0.506 e. The number of phenolic OH excluding ortho intramolecular Hbond substituents is 1. The summed E-state index contributed by atoms with van der Waals surface area (Å²) in [5.41, 5.74) is 1.42. The van der Waals surface area contributed by atoms with E-state index >= 15 is 0 Å². The molecule has 1 aliphatic carbocycles. The van der Waals surface area contributed by atoms with Crippen LogP contribution < -0.4 is 15.5 Å². The van der Waals surface area contributed by atoms with Crippen molar-refractivity contribution in [3.8, 4) is 5.75 Å². The molecule has 3 aromatic heterocycles. The third-order valence-corrected chi connectivity index (χ3v) is 11.8. The first-order valence-corrected chi connectivity index (χ1v) is 19.1. The van der Waals surface area contributed by atoms with Gasteiger partial charge in [-0.1, -0.05) is 48.1 Å². The topological polar surface area (TPSA) is 144 Å². The van der Waals surface area contributed by atoms with Crippen LogP contribution in [0.25, 0.3) is 10.2 Å². The Morgan fingerprint density at radius 1 is 1.08 bits per heavy atom. The Kier molecular flexibility index (Phi) is 11.5. The van der Waals surface area contributed by atoms with Gasteiger partial charge in [-0.05, 0) is 96.2 Å². The number of nitrogens with zero attached hydrogens (tertiary/aromatic N) is 1. The summed E-state index contributed by atoms with van der Waals surface area (Å²) in [5.74, 6) is -0.526. The van der Waals surface area contributed by atoms with E-state index < -0.39 is 17.7 Å². The number of carbonyl (C=O) groups excluding carboxylic acids is 2. The molecule has 0 saturated heterocycles. The number of amides is 1. The molecule has 5 N–H and O–H groups in total. The number of aliphatic hydroxyl groups is 1. The Bertz CT molecular complexity index is 1930. The molecule has 1 atom stereocenters. The smallest absolute Gasteiger partial charge is 0.350 e. The summed E-state index contributed by atoms with van der Waals surface area (Å²) < 4.78 is 6.79. The van der Waals surface area contributed by atoms with E-state index in [1.54, 1.807) is 18.2 Å². The zero-order valence-electron chi connectivity index (χ0n) is 27.6. The van der Waals surface area contributed by atoms with Crippen molar-refractivity contribution < 1.29 is 24.5 Å². The molecule has 1 aliphatic rings. The Balaban J connectivity index is 0.952. The second-order valence-electron chi connectivity index (χ2n) is 12.4. The fourth-order valence-corrected chi connectivity index (χ4v) is 8.41. The maximum atomic E-state index is 13.6. The van der Waals surface area contributed by atoms with Gasteiger partial charge in [0.15, 0.2) is 0 Å². The number of thiazole rings is 1. The molecule has 3 heterocycles. The number of anilines is 1. The number of thiophene rings is 2. The number of benzene rings is 2. The maximum absolute atomic E-state index is 13.6. The normalized spacial score (nSPS) is 14.1. The SMILES string of the molecule is CN(/C=C/C(OC(=O)C(O)(c1cccs1)c1cccs1)C1CCC1)CCC(=O)Nc1ccc(CNCCc2ccc(O)c3[nH]c(=O)sc23)cc1. The second-order valence-corrected chi connectivity index (χ2v) is 15.3. The lowest BCUT2D eigenvalue weighted by molar-refractivity contribution is -0.168. The van der Waals surface area contributed by atoms with Crippen molar-refractivity contribution in [2.45, 2.75) is 50.4 Å². The van der Waals surface area contributed by atoms with E-state index in [1.807, 2.05) is 77.4 Å². The van der Waals surface area contributed by atoms with Gasteiger partial charge in [-0.3, -0.25) is 9.59 Å². The Morgan fingerprint density at radius 2 is 1.80 bits per heavy atom. The zero-order valence-corrected chi connectivity index (χ0v) is 30.0. The monoisotopic (exact) mass is 732 g/mol. The van der Waals surface area contributed by atoms with Crippen molar-refractivity contribution >= 4 is 61.8 Å². The number of nitrogens with one attached hydrogen (secondary N) is 3. The predicted octanol–water partition coefficient (Wildman–Crippen LogP) is 6.17. The van der Waals surface area contributed by atoms with Gasteiger partial charge in [0.1, 0.15) is 17.4 Å². The number of ether oxygens (including phenoxy) is 1. The quantitative estimate of drug-likeness (QED) is 0.0599. The number of esters is 1. The summed E-state index contributed by atoms with van der Waals surface area (Å²) >= 11 is 3.74. The van der Waals surface area contributed by atoms with Crippen LogP contribution in [0.15, 0.2) is 88.5 Å². The van der Waals surface area contributed by atoms with Crippen molar-refractivity contribution in [3.63, 3.8) is 0 Å². The molecule has 0 spiro atoms. The molecule has 10 nitrogen and oxygen atoms in total. The molecule has 1 fully saturated rings. The minimum atomic E-state index is -1.85. The van der Waals surface area contributed by atoms with Gasteiger partial charge in [-0.2, -0.15) is 0 Å². The van der Waals surface area contributed by atoms with Crippen LogP contribution in [0.5, 0.6) is 5.75 Å². The number of H-pyrrole nitrogens is 1. The molecule has 1 amide bonds. The van der Waals surface area contributed by atoms with E-state index in [-0.39, 0.29) is 28.9 Å². The lowest BCUT2D eigenvalue weighted by atomic mass is 9.81. The van der Waals surface area contributed by atoms with Gasteiger partial charge in [0.05, 0.1) is 14.5 Å². The van der Waals surface area contributed by atoms with Crippen molar-refractivity contribution in [2.24, 2.45) is 5.92 Å². The van der Waals surface area contributed by atoms with Gasteiger partial charge in [0, 0.05) is 32.2 Å². The highest BCUT2D eigenvalue weighted by atomic mass is 32.1. The van der Waals surface area contributed by atoms with Gasteiger partial charge in [-0.25, -0.2) is 4.79 Å². The number of hydrogen-bond acceptors (Lipinski definition) is 11. The summed E-state index contributed by atoms with van der Waals surface area (Å²) in [6, 6.07) is 18.3. The average Bonchev–Trinajstić information content (AvgIpc) is 3.88. The summed E-state index contributed by atoms with van der Waals surface area (Å²) in [5, 5.41) is 31.7. The van der Waals surface area contributed by atoms with Crippen molar-refractivity contribution in [3.05, 3.63) is 114 Å². The first-order valence-electron chi connectivity index (χ1n) is 16.5. The molecule has 50 heavy (non-hydrogen) atoms. The number of rotatable bonds is 16. The van der Waals surface area contributed by atoms with E-state index in [0.717, 1.165) is 46.4 Å². The van der Waals surface area contributed by atoms with Gasteiger partial charge in [0.2, 0.25) is 11.5 Å². The molecular formula is C37H40N4O6S3. The fraction of sp³-hybridized carbons (Fsp3) is 0.324. The maximum Gasteiger partial charge on any atom is 0.350 e. The third-order valence-electron chi connectivity index (χ3n) is 8.91. The van der Waals surface area contributed by atoms with Crippen molar-refractivity contribution in [1.82, 2.24) is 15.2 Å². The molecule has 0 bridgehead atoms. The number of phenols is 1. The minimum absolute atomic E-state index is 0.0780. The van der Waals surface area contributed by atoms with E-state index in [0.29, 0.717) is 47.0 Å². The fourth-order valence-electron chi connectivity index (χ4n) is 5.80. The Hall–Kier alpha value is -4.27. The highest BCUT2D eigenvalue weighted by Gasteiger charge is 2.45. The molecule has 0 radical (unpaired) electrons. The van der Waals surface area contributed by atoms with Crippen LogP contribution in [0.4, 0.5) is 5.69 Å². The number of hydrogen-bond donors (Lipinski definition) is 5. The number of aromatic amines is 1. The van der Waals surface area contributed by atoms with Crippen molar-refractivity contribution in [1.29, 1.82) is 0 Å². The summed E-state index contributed by atoms with van der Waals surface area (Å²) in [6.07, 6.45) is 7.18. The van der Waals surface area contributed by atoms with Crippen LogP contribution in [-0.2, 0) is 32.9 Å². The van der Waals surface area contributed by atoms with E-state index in [4.69, 9.17) is 4.74 Å². The molecule has 1 unspecified atom stereocenters. The summed E-state index contributed by atoms with van der Waals surface area (Å²) in [7, 11) is 1.88. The van der Waals surface area contributed by atoms with Crippen LogP contribution >= 0.6 is 34.0 Å². The zero-order chi connectivity index (χ0) is 35.1. The average molecular weight is 733 g/mol. The highest BCUT2D eigenvalue weighted by Crippen LogP contribution is 2.39. The number of aromatic hydroxyl groups is 1. The number of aromatic nitrogens is 1. The molecule has 6 rings (SSSR count). The molecule has 13 heteroatoms. The molecule has 0 aliphatic heterocycles. The Morgan fingerprint density at radius 3 is 2.44 bits per heavy atom. The third kappa shape index (κ3) is 8.36. The largest absolute Gasteiger partial charge is 0.506 e. The van der Waals surface area contributed by atoms with Crippen molar-refractivity contribution in [2.75, 3.05) is 25.5 Å². The summed E-state index contributed by atoms with van der Waals surface area (Å²) in [6.45, 7) is 1.81. The standard InChI is InChI=1S/C37H40N4O6S3/c1-41(19-16-29(25-5-2-6-25)47-35(44)37(46,30-7-3-21-48-30)31-8-4-22-49-31)20-17-32(43)39-27-12-9-24(10-13-27)23-38-18-15-26-11-14-28(42)33-34(26)50-36(45)40-33/h3-4,7-14,16,19,21-22,25,29,38,42,46H,2,5-6,15,17-18,20,23H2,1H3,(H,39,43)(H,40,45)/b19-16+. The number of carbonyl (C=O) groups is 2. The van der Waals surface area contributed by atoms with Gasteiger partial charge >= 0.3 is 10.8 Å². The van der Waals surface area contributed by atoms with Gasteiger partial charge in [-0.15, -0.1) is 22.7 Å². The second kappa shape index (κ2) is 16.2. The lowest BCUT2D eigenvalue weighted by Gasteiger charge is -2.34. The van der Waals surface area contributed by atoms with Crippen LogP contribution in [0, 0.1) is 5.92 Å². The van der Waals surface area contributed by atoms with E-state index in [9.17, 15) is 24.6 Å². The first-order chi connectivity index (χ1) is 24.2. The lowest BCUT2D eigenvalue weighted by Crippen LogP contribution is -2.41. The van der Waals surface area contributed by atoms with Crippen LogP contribution in [0.3, 0.4) is 0 Å². The highest BCUT2D eigenvalue weighted by molar-refractivity contribution is 7.16. The van der Waals surface area contributed by atoms with Gasteiger partial charge < -0.3 is 35.5 Å². The first kappa shape index (κ1) is 35.6. The molecule has 2 aromatic carbocycles. The molecule has 262 valence electrons. The van der Waals surface area contributed by atoms with Crippen LogP contribution in [0.1, 0.15) is 46.6 Å². The molecule has 5 aromatic rings. The summed E-state index contributed by atoms with van der Waals surface area (Å²) in [4.78, 5) is 43.5. The van der Waals surface area contributed by atoms with E-state index in [1.165, 1.54) is 22.7 Å². The van der Waals surface area contributed by atoms with Gasteiger partial charge in [0.25, 0.3) is 0 Å². The van der Waals surface area contributed by atoms with Crippen LogP contribution in [-0.4, -0.2) is 58.2 Å². The Labute approximate surface area is 302 Å². The van der Waals surface area contributed by atoms with E-state index in [2.05, 4.69) is 15.6 Å². The number of fused-ring (bicyclic) bond motifs is 1.